The third-order valence-corrected chi connectivity index (χ3v) is 2.86. The molecule has 0 spiro atoms. The second-order valence-corrected chi connectivity index (χ2v) is 4.22. The van der Waals surface area contributed by atoms with Gasteiger partial charge in [-0.2, -0.15) is 0 Å². The van der Waals surface area contributed by atoms with Crippen LogP contribution >= 0.6 is 0 Å². The standard InChI is InChI=1S/C11H18O3/c1-9(2)10(13)14-8-11(7-12)5-3-4-6-11/h12H,1,3-8H2,2H3. The van der Waals surface area contributed by atoms with Gasteiger partial charge in [-0.15, -0.1) is 0 Å². The summed E-state index contributed by atoms with van der Waals surface area (Å²) < 4.78 is 5.08. The first-order chi connectivity index (χ1) is 6.59. The maximum absolute atomic E-state index is 11.2. The zero-order valence-electron chi connectivity index (χ0n) is 8.71. The summed E-state index contributed by atoms with van der Waals surface area (Å²) in [6.45, 7) is 5.58. The van der Waals surface area contributed by atoms with E-state index in [0.717, 1.165) is 25.7 Å². The first kappa shape index (κ1) is 11.2. The smallest absolute Gasteiger partial charge is 0.333 e. The van der Waals surface area contributed by atoms with E-state index in [1.807, 2.05) is 0 Å². The number of ether oxygens (including phenoxy) is 1. The monoisotopic (exact) mass is 198 g/mol. The number of rotatable bonds is 4. The van der Waals surface area contributed by atoms with Crippen molar-refractivity contribution in [1.82, 2.24) is 0 Å². The van der Waals surface area contributed by atoms with Crippen molar-refractivity contribution in [2.24, 2.45) is 5.41 Å². The molecule has 3 nitrogen and oxygen atoms in total. The molecule has 0 aromatic rings. The van der Waals surface area contributed by atoms with Crippen molar-refractivity contribution >= 4 is 5.97 Å². The Bertz CT molecular complexity index is 227. The number of hydrogen-bond donors (Lipinski definition) is 1. The molecule has 0 unspecified atom stereocenters. The van der Waals surface area contributed by atoms with E-state index in [1.54, 1.807) is 6.92 Å². The van der Waals surface area contributed by atoms with Gasteiger partial charge in [-0.25, -0.2) is 4.79 Å². The summed E-state index contributed by atoms with van der Waals surface area (Å²) in [7, 11) is 0. The van der Waals surface area contributed by atoms with Gasteiger partial charge in [0.1, 0.15) is 0 Å². The highest BCUT2D eigenvalue weighted by atomic mass is 16.5. The van der Waals surface area contributed by atoms with E-state index >= 15 is 0 Å². The van der Waals surface area contributed by atoms with Crippen molar-refractivity contribution in [3.63, 3.8) is 0 Å². The first-order valence-electron chi connectivity index (χ1n) is 5.03. The minimum absolute atomic E-state index is 0.108. The van der Waals surface area contributed by atoms with Crippen LogP contribution in [0.5, 0.6) is 0 Å². The van der Waals surface area contributed by atoms with E-state index in [2.05, 4.69) is 6.58 Å². The molecule has 0 heterocycles. The molecule has 1 rings (SSSR count). The third-order valence-electron chi connectivity index (χ3n) is 2.86. The fourth-order valence-corrected chi connectivity index (χ4v) is 1.81. The molecular formula is C11H18O3. The van der Waals surface area contributed by atoms with Gasteiger partial charge in [0.25, 0.3) is 0 Å². The number of carbonyl (C=O) groups is 1. The second-order valence-electron chi connectivity index (χ2n) is 4.22. The van der Waals surface area contributed by atoms with Crippen LogP contribution in [0.1, 0.15) is 32.6 Å². The number of esters is 1. The molecule has 0 saturated heterocycles. The van der Waals surface area contributed by atoms with Gasteiger partial charge < -0.3 is 9.84 Å². The van der Waals surface area contributed by atoms with E-state index in [0.29, 0.717) is 12.2 Å². The van der Waals surface area contributed by atoms with Crippen molar-refractivity contribution < 1.29 is 14.6 Å². The van der Waals surface area contributed by atoms with Crippen molar-refractivity contribution in [3.05, 3.63) is 12.2 Å². The lowest BCUT2D eigenvalue weighted by Gasteiger charge is -2.25. The first-order valence-corrected chi connectivity index (χ1v) is 5.03. The van der Waals surface area contributed by atoms with E-state index in [1.165, 1.54) is 0 Å². The van der Waals surface area contributed by atoms with Crippen molar-refractivity contribution in [2.75, 3.05) is 13.2 Å². The predicted molar refractivity (Wildman–Crippen MR) is 53.8 cm³/mol. The Morgan fingerprint density at radius 3 is 2.50 bits per heavy atom. The van der Waals surface area contributed by atoms with E-state index in [9.17, 15) is 9.90 Å². The summed E-state index contributed by atoms with van der Waals surface area (Å²) >= 11 is 0. The predicted octanol–water partition coefficient (Wildman–Crippen LogP) is 1.66. The summed E-state index contributed by atoms with van der Waals surface area (Å²) in [5.41, 5.74) is 0.238. The van der Waals surface area contributed by atoms with Gasteiger partial charge in [0.2, 0.25) is 0 Å². The van der Waals surface area contributed by atoms with E-state index in [-0.39, 0.29) is 18.0 Å². The molecule has 0 atom stereocenters. The van der Waals surface area contributed by atoms with Crippen molar-refractivity contribution in [1.29, 1.82) is 0 Å². The molecule has 1 saturated carbocycles. The molecule has 14 heavy (non-hydrogen) atoms. The highest BCUT2D eigenvalue weighted by molar-refractivity contribution is 5.86. The largest absolute Gasteiger partial charge is 0.462 e. The molecule has 0 bridgehead atoms. The zero-order valence-corrected chi connectivity index (χ0v) is 8.71. The molecule has 0 aliphatic heterocycles. The summed E-state index contributed by atoms with van der Waals surface area (Å²) in [6.07, 6.45) is 4.14. The molecule has 0 amide bonds. The number of aliphatic hydroxyl groups excluding tert-OH is 1. The fraction of sp³-hybridized carbons (Fsp3) is 0.727. The van der Waals surface area contributed by atoms with Crippen LogP contribution in [-0.2, 0) is 9.53 Å². The van der Waals surface area contributed by atoms with Gasteiger partial charge in [0.05, 0.1) is 13.2 Å². The molecule has 1 aliphatic carbocycles. The minimum Gasteiger partial charge on any atom is -0.462 e. The fourth-order valence-electron chi connectivity index (χ4n) is 1.81. The quantitative estimate of drug-likeness (QED) is 0.552. The summed E-state index contributed by atoms with van der Waals surface area (Å²) in [5, 5.41) is 9.25. The third kappa shape index (κ3) is 2.58. The van der Waals surface area contributed by atoms with Gasteiger partial charge in [0.15, 0.2) is 0 Å². The number of aliphatic hydroxyl groups is 1. The Morgan fingerprint density at radius 1 is 1.50 bits per heavy atom. The number of hydrogen-bond acceptors (Lipinski definition) is 3. The van der Waals surface area contributed by atoms with Crippen LogP contribution in [0.3, 0.4) is 0 Å². The molecule has 0 aromatic carbocycles. The lowest BCUT2D eigenvalue weighted by Crippen LogP contribution is -2.29. The Kier molecular flexibility index (Phi) is 3.69. The maximum atomic E-state index is 11.2. The number of carbonyl (C=O) groups excluding carboxylic acids is 1. The molecule has 3 heteroatoms. The highest BCUT2D eigenvalue weighted by Gasteiger charge is 2.34. The molecule has 0 radical (unpaired) electrons. The Hall–Kier alpha value is -0.830. The maximum Gasteiger partial charge on any atom is 0.333 e. The Morgan fingerprint density at radius 2 is 2.07 bits per heavy atom. The molecule has 1 aliphatic rings. The highest BCUT2D eigenvalue weighted by Crippen LogP contribution is 2.37. The van der Waals surface area contributed by atoms with Crippen LogP contribution in [-0.4, -0.2) is 24.3 Å². The van der Waals surface area contributed by atoms with Crippen molar-refractivity contribution in [3.8, 4) is 0 Å². The van der Waals surface area contributed by atoms with E-state index < -0.39 is 0 Å². The normalized spacial score (nSPS) is 19.3. The molecule has 1 N–H and O–H groups in total. The van der Waals surface area contributed by atoms with E-state index in [4.69, 9.17) is 4.74 Å². The molecule has 80 valence electrons. The minimum atomic E-state index is -0.357. The van der Waals surface area contributed by atoms with Crippen molar-refractivity contribution in [2.45, 2.75) is 32.6 Å². The van der Waals surface area contributed by atoms with Crippen LogP contribution < -0.4 is 0 Å². The second kappa shape index (κ2) is 4.60. The van der Waals surface area contributed by atoms with Gasteiger partial charge in [-0.05, 0) is 19.8 Å². The summed E-state index contributed by atoms with van der Waals surface area (Å²) in [6, 6.07) is 0. The van der Waals surface area contributed by atoms with Crippen LogP contribution in [0.4, 0.5) is 0 Å². The average molecular weight is 198 g/mol. The van der Waals surface area contributed by atoms with Gasteiger partial charge >= 0.3 is 5.97 Å². The Balaban J connectivity index is 2.42. The van der Waals surface area contributed by atoms with Gasteiger partial charge in [0, 0.05) is 11.0 Å². The molecule has 0 aromatic heterocycles. The summed E-state index contributed by atoms with van der Waals surface area (Å²) in [4.78, 5) is 11.2. The Labute approximate surface area is 84.8 Å². The lowest BCUT2D eigenvalue weighted by molar-refractivity contribution is -0.143. The SMILES string of the molecule is C=C(C)C(=O)OCC1(CO)CCCC1. The van der Waals surface area contributed by atoms with Gasteiger partial charge in [-0.1, -0.05) is 19.4 Å². The lowest BCUT2D eigenvalue weighted by atomic mass is 9.88. The van der Waals surface area contributed by atoms with Crippen LogP contribution in [0, 0.1) is 5.41 Å². The van der Waals surface area contributed by atoms with Crippen LogP contribution in [0.15, 0.2) is 12.2 Å². The van der Waals surface area contributed by atoms with Gasteiger partial charge in [-0.3, -0.25) is 0 Å². The average Bonchev–Trinajstić information content (AvgIpc) is 2.63. The van der Waals surface area contributed by atoms with Crippen LogP contribution in [0.2, 0.25) is 0 Å². The topological polar surface area (TPSA) is 46.5 Å². The molecule has 1 fully saturated rings. The summed E-state index contributed by atoms with van der Waals surface area (Å²) in [5.74, 6) is -0.357. The molecular weight excluding hydrogens is 180 g/mol. The zero-order chi connectivity index (χ0) is 10.6. The van der Waals surface area contributed by atoms with Crippen LogP contribution in [0.25, 0.3) is 0 Å².